The maximum Gasteiger partial charge on any atom is 0.341 e. The number of aromatic nitrogens is 2. The third kappa shape index (κ3) is 4.61. The first-order chi connectivity index (χ1) is 17.3. The van der Waals surface area contributed by atoms with Crippen LogP contribution in [0.5, 0.6) is 0 Å². The molecule has 0 radical (unpaired) electrons. The number of halogens is 2. The molecule has 1 amide bonds. The number of aryl methyl sites for hydroxylation is 1. The number of esters is 1. The first kappa shape index (κ1) is 24.4. The van der Waals surface area contributed by atoms with Crippen molar-refractivity contribution >= 4 is 34.0 Å². The van der Waals surface area contributed by atoms with Gasteiger partial charge in [-0.2, -0.15) is 5.10 Å². The van der Waals surface area contributed by atoms with Crippen molar-refractivity contribution < 1.29 is 23.1 Å². The maximum absolute atomic E-state index is 14.0. The Morgan fingerprint density at radius 3 is 2.67 bits per heavy atom. The van der Waals surface area contributed by atoms with E-state index in [0.717, 1.165) is 41.7 Å². The second-order valence-corrected chi connectivity index (χ2v) is 10.5. The van der Waals surface area contributed by atoms with Gasteiger partial charge in [-0.1, -0.05) is 30.3 Å². The minimum Gasteiger partial charge on any atom is -0.459 e. The summed E-state index contributed by atoms with van der Waals surface area (Å²) < 4.78 is 34.6. The van der Waals surface area contributed by atoms with E-state index in [2.05, 4.69) is 15.7 Å². The Balaban J connectivity index is 1.47. The Hall–Kier alpha value is -3.27. The number of rotatable bonds is 6. The highest BCUT2D eigenvalue weighted by molar-refractivity contribution is 7.17. The smallest absolute Gasteiger partial charge is 0.341 e. The Kier molecular flexibility index (Phi) is 6.79. The molecule has 3 heterocycles. The van der Waals surface area contributed by atoms with Gasteiger partial charge in [-0.3, -0.25) is 4.79 Å². The molecule has 3 aromatic rings. The third-order valence-corrected chi connectivity index (χ3v) is 7.79. The summed E-state index contributed by atoms with van der Waals surface area (Å²) in [6.45, 7) is 3.56. The largest absolute Gasteiger partial charge is 0.459 e. The Morgan fingerprint density at radius 1 is 1.19 bits per heavy atom. The van der Waals surface area contributed by atoms with E-state index in [-0.39, 0.29) is 23.9 Å². The molecule has 36 heavy (non-hydrogen) atoms. The second-order valence-electron chi connectivity index (χ2n) is 9.42. The van der Waals surface area contributed by atoms with Gasteiger partial charge < -0.3 is 15.4 Å². The molecule has 0 unspecified atom stereocenters. The molecule has 0 saturated heterocycles. The van der Waals surface area contributed by atoms with E-state index in [1.54, 1.807) is 13.8 Å². The predicted molar refractivity (Wildman–Crippen MR) is 134 cm³/mol. The lowest BCUT2D eigenvalue weighted by atomic mass is 9.95. The van der Waals surface area contributed by atoms with Gasteiger partial charge in [-0.05, 0) is 57.1 Å². The van der Waals surface area contributed by atoms with Crippen LogP contribution >= 0.6 is 11.3 Å². The summed E-state index contributed by atoms with van der Waals surface area (Å²) in [6.07, 6.45) is 2.09. The normalized spacial score (nSPS) is 18.9. The number of nitrogens with zero attached hydrogens (tertiary/aromatic N) is 2. The fourth-order valence-corrected chi connectivity index (χ4v) is 6.19. The summed E-state index contributed by atoms with van der Waals surface area (Å²) in [5, 5.41) is 10.7. The highest BCUT2D eigenvalue weighted by atomic mass is 32.1. The summed E-state index contributed by atoms with van der Waals surface area (Å²) in [4.78, 5) is 27.5. The van der Waals surface area contributed by atoms with Crippen molar-refractivity contribution in [2.45, 2.75) is 70.6 Å². The summed E-state index contributed by atoms with van der Waals surface area (Å²) >= 11 is 1.38. The number of anilines is 2. The van der Waals surface area contributed by atoms with E-state index in [1.807, 2.05) is 30.3 Å². The Labute approximate surface area is 211 Å². The zero-order chi connectivity index (χ0) is 25.4. The van der Waals surface area contributed by atoms with E-state index < -0.39 is 30.4 Å². The SMILES string of the molecule is CC(C)OC(=O)c1c(NC(=O)c2cnn3c2N[C@@H](c2ccccc2)C[C@@H]3C(F)F)sc2c1CCCC2. The average molecular weight is 515 g/mol. The molecular formula is C26H28F2N4O3S. The number of amides is 1. The van der Waals surface area contributed by atoms with Crippen molar-refractivity contribution in [1.82, 2.24) is 9.78 Å². The molecule has 0 spiro atoms. The molecule has 1 aliphatic carbocycles. The summed E-state index contributed by atoms with van der Waals surface area (Å²) in [5.41, 5.74) is 2.34. The topological polar surface area (TPSA) is 85.2 Å². The number of nitrogens with one attached hydrogen (secondary N) is 2. The minimum atomic E-state index is -2.64. The van der Waals surface area contributed by atoms with Crippen molar-refractivity contribution in [3.05, 3.63) is 63.7 Å². The molecule has 2 atom stereocenters. The number of thiophene rings is 1. The quantitative estimate of drug-likeness (QED) is 0.394. The number of hydrogen-bond donors (Lipinski definition) is 2. The van der Waals surface area contributed by atoms with E-state index >= 15 is 0 Å². The number of ether oxygens (including phenoxy) is 1. The molecule has 190 valence electrons. The van der Waals surface area contributed by atoms with Gasteiger partial charge in [0.15, 0.2) is 0 Å². The lowest BCUT2D eigenvalue weighted by Gasteiger charge is -2.32. The van der Waals surface area contributed by atoms with Crippen LogP contribution in [-0.4, -0.2) is 34.2 Å². The third-order valence-electron chi connectivity index (χ3n) is 6.58. The minimum absolute atomic E-state index is 0.139. The molecule has 7 nitrogen and oxygen atoms in total. The van der Waals surface area contributed by atoms with Crippen LogP contribution in [-0.2, 0) is 17.6 Å². The zero-order valence-corrected chi connectivity index (χ0v) is 20.9. The van der Waals surface area contributed by atoms with Crippen molar-refractivity contribution in [3.8, 4) is 0 Å². The fraction of sp³-hybridized carbons (Fsp3) is 0.423. The molecule has 0 saturated carbocycles. The van der Waals surface area contributed by atoms with Crippen molar-refractivity contribution in [2.24, 2.45) is 0 Å². The van der Waals surface area contributed by atoms with Crippen LogP contribution in [0.25, 0.3) is 0 Å². The summed E-state index contributed by atoms with van der Waals surface area (Å²) in [7, 11) is 0. The van der Waals surface area contributed by atoms with Crippen LogP contribution in [0.3, 0.4) is 0 Å². The number of carbonyl (C=O) groups is 2. The van der Waals surface area contributed by atoms with Gasteiger partial charge in [-0.15, -0.1) is 11.3 Å². The van der Waals surface area contributed by atoms with E-state index in [0.29, 0.717) is 10.6 Å². The fourth-order valence-electron chi connectivity index (χ4n) is 4.92. The van der Waals surface area contributed by atoms with Crippen molar-refractivity contribution in [1.29, 1.82) is 0 Å². The molecule has 1 aromatic carbocycles. The number of fused-ring (bicyclic) bond motifs is 2. The molecule has 0 bridgehead atoms. The monoisotopic (exact) mass is 514 g/mol. The highest BCUT2D eigenvalue weighted by Gasteiger charge is 2.37. The average Bonchev–Trinajstić information content (AvgIpc) is 3.44. The zero-order valence-electron chi connectivity index (χ0n) is 20.1. The van der Waals surface area contributed by atoms with E-state index in [9.17, 15) is 18.4 Å². The van der Waals surface area contributed by atoms with Crippen LogP contribution in [0, 0.1) is 0 Å². The summed E-state index contributed by atoms with van der Waals surface area (Å²) in [5.74, 6) is -0.732. The molecule has 5 rings (SSSR count). The van der Waals surface area contributed by atoms with E-state index in [1.165, 1.54) is 22.2 Å². The second kappa shape index (κ2) is 10.0. The molecule has 2 aliphatic rings. The Morgan fingerprint density at radius 2 is 1.94 bits per heavy atom. The molecule has 2 aromatic heterocycles. The van der Waals surface area contributed by atoms with E-state index in [4.69, 9.17) is 4.74 Å². The van der Waals surface area contributed by atoms with Gasteiger partial charge in [0.05, 0.1) is 23.9 Å². The van der Waals surface area contributed by atoms with Crippen LogP contribution in [0.4, 0.5) is 19.6 Å². The van der Waals surface area contributed by atoms with Crippen LogP contribution in [0.1, 0.15) is 81.9 Å². The van der Waals surface area contributed by atoms with Crippen LogP contribution < -0.4 is 10.6 Å². The lowest BCUT2D eigenvalue weighted by molar-refractivity contribution is 0.0378. The standard InChI is InChI=1S/C26H28F2N4O3S/c1-14(2)35-26(34)21-16-10-6-7-11-20(16)36-25(21)31-24(33)17-13-29-32-19(22(27)28)12-18(30-23(17)32)15-8-4-3-5-9-15/h3-5,8-9,13-14,18-19,22,30H,6-7,10-12H2,1-2H3,(H,31,33)/t18-,19-/m1/s1. The van der Waals surface area contributed by atoms with Gasteiger partial charge in [0, 0.05) is 4.88 Å². The lowest BCUT2D eigenvalue weighted by Crippen LogP contribution is -2.31. The van der Waals surface area contributed by atoms with Crippen LogP contribution in [0.15, 0.2) is 36.5 Å². The number of hydrogen-bond acceptors (Lipinski definition) is 6. The number of carbonyl (C=O) groups excluding carboxylic acids is 2. The van der Waals surface area contributed by atoms with Crippen molar-refractivity contribution in [2.75, 3.05) is 10.6 Å². The molecule has 10 heteroatoms. The molecule has 1 aliphatic heterocycles. The predicted octanol–water partition coefficient (Wildman–Crippen LogP) is 6.00. The molecular weight excluding hydrogens is 486 g/mol. The molecule has 2 N–H and O–H groups in total. The van der Waals surface area contributed by atoms with Gasteiger partial charge in [0.2, 0.25) is 0 Å². The summed E-state index contributed by atoms with van der Waals surface area (Å²) in [6, 6.07) is 7.74. The first-order valence-corrected chi connectivity index (χ1v) is 13.0. The maximum atomic E-state index is 14.0. The van der Waals surface area contributed by atoms with Gasteiger partial charge in [0.1, 0.15) is 22.4 Å². The van der Waals surface area contributed by atoms with Gasteiger partial charge in [-0.25, -0.2) is 18.3 Å². The van der Waals surface area contributed by atoms with Crippen molar-refractivity contribution in [3.63, 3.8) is 0 Å². The highest BCUT2D eigenvalue weighted by Crippen LogP contribution is 2.41. The van der Waals surface area contributed by atoms with Crippen LogP contribution in [0.2, 0.25) is 0 Å². The van der Waals surface area contributed by atoms with Gasteiger partial charge in [0.25, 0.3) is 12.3 Å². The number of benzene rings is 1. The molecule has 0 fully saturated rings. The number of alkyl halides is 2. The van der Waals surface area contributed by atoms with Gasteiger partial charge >= 0.3 is 5.97 Å². The first-order valence-electron chi connectivity index (χ1n) is 12.2. The Bertz CT molecular complexity index is 1270.